The Morgan fingerprint density at radius 2 is 2.12 bits per heavy atom. The molecule has 0 aliphatic carbocycles. The number of rotatable bonds is 5. The number of ether oxygens (including phenoxy) is 1. The lowest BCUT2D eigenvalue weighted by Gasteiger charge is -2.19. The van der Waals surface area contributed by atoms with E-state index in [9.17, 15) is 0 Å². The van der Waals surface area contributed by atoms with E-state index in [-0.39, 0.29) is 6.10 Å². The van der Waals surface area contributed by atoms with Gasteiger partial charge in [0.05, 0.1) is 4.47 Å². The maximum atomic E-state index is 5.47. The van der Waals surface area contributed by atoms with E-state index >= 15 is 0 Å². The highest BCUT2D eigenvalue weighted by molar-refractivity contribution is 9.10. The molecular weight excluding hydrogens is 300 g/mol. The highest BCUT2D eigenvalue weighted by Crippen LogP contribution is 2.25. The molecule has 1 atom stereocenters. The van der Waals surface area contributed by atoms with Crippen molar-refractivity contribution in [3.8, 4) is 0 Å². The molecule has 1 aromatic rings. The summed E-state index contributed by atoms with van der Waals surface area (Å²) in [6.07, 6.45) is 1.97. The van der Waals surface area contributed by atoms with Crippen molar-refractivity contribution in [1.29, 1.82) is 0 Å². The van der Waals surface area contributed by atoms with Crippen molar-refractivity contribution in [2.24, 2.45) is 5.92 Å². The van der Waals surface area contributed by atoms with E-state index in [1.54, 1.807) is 7.11 Å². The molecule has 17 heavy (non-hydrogen) atoms. The Balaban J connectivity index is 3.21. The summed E-state index contributed by atoms with van der Waals surface area (Å²) in [6.45, 7) is 6.35. The predicted molar refractivity (Wildman–Crippen MR) is 75.7 cm³/mol. The molecule has 0 saturated carbocycles. The largest absolute Gasteiger partial charge is 0.373 e. The van der Waals surface area contributed by atoms with Crippen LogP contribution >= 0.6 is 28.1 Å². The van der Waals surface area contributed by atoms with Gasteiger partial charge in [-0.05, 0) is 28.3 Å². The van der Waals surface area contributed by atoms with Gasteiger partial charge in [0.1, 0.15) is 16.6 Å². The van der Waals surface area contributed by atoms with Crippen LogP contribution in [-0.2, 0) is 11.2 Å². The number of aromatic amines is 1. The number of nitrogens with one attached hydrogen (secondary N) is 1. The van der Waals surface area contributed by atoms with Crippen LogP contribution in [0.15, 0.2) is 4.47 Å². The van der Waals surface area contributed by atoms with Gasteiger partial charge in [-0.15, -0.1) is 0 Å². The molecule has 96 valence electrons. The predicted octanol–water partition coefficient (Wildman–Crippen LogP) is 4.20. The zero-order chi connectivity index (χ0) is 13.0. The van der Waals surface area contributed by atoms with Gasteiger partial charge in [0.2, 0.25) is 0 Å². The van der Waals surface area contributed by atoms with Crippen molar-refractivity contribution < 1.29 is 4.74 Å². The number of halogens is 1. The van der Waals surface area contributed by atoms with Gasteiger partial charge in [-0.2, -0.15) is 0 Å². The molecule has 0 amide bonds. The Hall–Kier alpha value is -0.260. The summed E-state index contributed by atoms with van der Waals surface area (Å²) in [4.78, 5) is 7.73. The Morgan fingerprint density at radius 3 is 2.59 bits per heavy atom. The van der Waals surface area contributed by atoms with E-state index in [1.807, 2.05) is 0 Å². The van der Waals surface area contributed by atoms with Crippen LogP contribution in [0.4, 0.5) is 0 Å². The number of aryl methyl sites for hydroxylation is 1. The van der Waals surface area contributed by atoms with Crippen molar-refractivity contribution in [3.63, 3.8) is 0 Å². The SMILES string of the molecule is CCCc1[nH]c(C(OC)C(C)C)nc(=S)c1Br. The molecule has 5 heteroatoms. The zero-order valence-corrected chi connectivity index (χ0v) is 13.1. The molecule has 0 bridgehead atoms. The van der Waals surface area contributed by atoms with Gasteiger partial charge in [0.25, 0.3) is 0 Å². The number of aromatic nitrogens is 2. The van der Waals surface area contributed by atoms with Crippen molar-refractivity contribution in [1.82, 2.24) is 9.97 Å². The number of hydrogen-bond donors (Lipinski definition) is 1. The molecule has 1 heterocycles. The summed E-state index contributed by atoms with van der Waals surface area (Å²) >= 11 is 8.75. The molecule has 0 radical (unpaired) electrons. The third kappa shape index (κ3) is 3.60. The Kier molecular flexibility index (Phi) is 5.76. The molecule has 0 saturated heterocycles. The van der Waals surface area contributed by atoms with Gasteiger partial charge in [-0.1, -0.05) is 39.4 Å². The summed E-state index contributed by atoms with van der Waals surface area (Å²) in [5.74, 6) is 1.17. The van der Waals surface area contributed by atoms with Crippen LogP contribution in [0.3, 0.4) is 0 Å². The first-order valence-corrected chi connectivity index (χ1v) is 7.02. The first-order valence-electron chi connectivity index (χ1n) is 5.82. The maximum absolute atomic E-state index is 5.47. The molecule has 1 aromatic heterocycles. The highest BCUT2D eigenvalue weighted by atomic mass is 79.9. The molecule has 1 unspecified atom stereocenters. The van der Waals surface area contributed by atoms with Crippen molar-refractivity contribution in [2.45, 2.75) is 39.7 Å². The Morgan fingerprint density at radius 1 is 1.47 bits per heavy atom. The third-order valence-electron chi connectivity index (χ3n) is 2.58. The lowest BCUT2D eigenvalue weighted by atomic mass is 10.1. The first kappa shape index (κ1) is 14.8. The lowest BCUT2D eigenvalue weighted by molar-refractivity contribution is 0.0571. The van der Waals surface area contributed by atoms with Gasteiger partial charge in [0, 0.05) is 12.8 Å². The van der Waals surface area contributed by atoms with Crippen LogP contribution in [0.5, 0.6) is 0 Å². The number of nitrogens with zero attached hydrogens (tertiary/aromatic N) is 1. The van der Waals surface area contributed by atoms with E-state index in [2.05, 4.69) is 46.7 Å². The number of hydrogen-bond acceptors (Lipinski definition) is 3. The lowest BCUT2D eigenvalue weighted by Crippen LogP contribution is -2.14. The topological polar surface area (TPSA) is 37.9 Å². The number of H-pyrrole nitrogens is 1. The van der Waals surface area contributed by atoms with Gasteiger partial charge >= 0.3 is 0 Å². The van der Waals surface area contributed by atoms with Crippen LogP contribution < -0.4 is 0 Å². The minimum absolute atomic E-state index is 0.0413. The van der Waals surface area contributed by atoms with Crippen LogP contribution in [0.25, 0.3) is 0 Å². The Labute approximate surface area is 116 Å². The fourth-order valence-electron chi connectivity index (χ4n) is 1.78. The molecule has 0 aliphatic heterocycles. The molecule has 1 rings (SSSR count). The van der Waals surface area contributed by atoms with Gasteiger partial charge in [-0.25, -0.2) is 4.98 Å². The van der Waals surface area contributed by atoms with Gasteiger partial charge in [-0.3, -0.25) is 0 Å². The second-order valence-electron chi connectivity index (χ2n) is 4.37. The second kappa shape index (κ2) is 6.61. The van der Waals surface area contributed by atoms with Crippen LogP contribution in [0.2, 0.25) is 0 Å². The molecule has 0 fully saturated rings. The maximum Gasteiger partial charge on any atom is 0.144 e. The fourth-order valence-corrected chi connectivity index (χ4v) is 2.39. The van der Waals surface area contributed by atoms with Crippen LogP contribution in [0.1, 0.15) is 44.8 Å². The fraction of sp³-hybridized carbons (Fsp3) is 0.667. The van der Waals surface area contributed by atoms with E-state index in [4.69, 9.17) is 17.0 Å². The van der Waals surface area contributed by atoms with E-state index in [0.29, 0.717) is 10.6 Å². The van der Waals surface area contributed by atoms with Gasteiger partial charge < -0.3 is 9.72 Å². The normalized spacial score (nSPS) is 13.1. The molecule has 1 N–H and O–H groups in total. The summed E-state index contributed by atoms with van der Waals surface area (Å²) in [5.41, 5.74) is 1.10. The summed E-state index contributed by atoms with van der Waals surface area (Å²) in [7, 11) is 1.70. The smallest absolute Gasteiger partial charge is 0.144 e. The molecule has 0 aliphatic rings. The highest BCUT2D eigenvalue weighted by Gasteiger charge is 2.18. The Bertz CT molecular complexity index is 431. The molecule has 0 aromatic carbocycles. The minimum atomic E-state index is -0.0413. The van der Waals surface area contributed by atoms with Gasteiger partial charge in [0.15, 0.2) is 0 Å². The quantitative estimate of drug-likeness (QED) is 0.827. The summed E-state index contributed by atoms with van der Waals surface area (Å²) in [6, 6.07) is 0. The summed E-state index contributed by atoms with van der Waals surface area (Å²) < 4.78 is 6.97. The van der Waals surface area contributed by atoms with E-state index in [0.717, 1.165) is 28.8 Å². The average molecular weight is 319 g/mol. The summed E-state index contributed by atoms with van der Waals surface area (Å²) in [5, 5.41) is 0. The third-order valence-corrected chi connectivity index (χ3v) is 3.99. The number of methoxy groups -OCH3 is 1. The van der Waals surface area contributed by atoms with Crippen molar-refractivity contribution >= 4 is 28.1 Å². The second-order valence-corrected chi connectivity index (χ2v) is 5.55. The molecule has 3 nitrogen and oxygen atoms in total. The molecule has 0 spiro atoms. The van der Waals surface area contributed by atoms with Crippen molar-refractivity contribution in [3.05, 3.63) is 20.6 Å². The minimum Gasteiger partial charge on any atom is -0.373 e. The monoisotopic (exact) mass is 318 g/mol. The standard InChI is InChI=1S/C12H19BrN2OS/c1-5-6-8-9(13)12(17)15-11(14-8)10(16-4)7(2)3/h7,10H,5-6H2,1-4H3,(H,14,15,17). The van der Waals surface area contributed by atoms with Crippen LogP contribution in [0, 0.1) is 10.6 Å². The van der Waals surface area contributed by atoms with Crippen molar-refractivity contribution in [2.75, 3.05) is 7.11 Å². The zero-order valence-electron chi connectivity index (χ0n) is 10.7. The first-order chi connectivity index (χ1) is 8.01. The van der Waals surface area contributed by atoms with E-state index in [1.165, 1.54) is 0 Å². The molecular formula is C12H19BrN2OS. The van der Waals surface area contributed by atoms with Crippen LogP contribution in [-0.4, -0.2) is 17.1 Å². The van der Waals surface area contributed by atoms with E-state index < -0.39 is 0 Å². The average Bonchev–Trinajstić information content (AvgIpc) is 2.26.